The molecule has 0 aliphatic rings. The van der Waals surface area contributed by atoms with Crippen molar-refractivity contribution in [3.05, 3.63) is 47.5 Å². The summed E-state index contributed by atoms with van der Waals surface area (Å²) in [6.45, 7) is 8.69. The monoisotopic (exact) mass is 618 g/mol. The number of rotatable bonds is 8. The van der Waals surface area contributed by atoms with Gasteiger partial charge in [-0.2, -0.15) is 16.8 Å². The van der Waals surface area contributed by atoms with Gasteiger partial charge in [0.25, 0.3) is 0 Å². The number of phenols is 4. The Labute approximate surface area is 232 Å². The van der Waals surface area contributed by atoms with E-state index in [1.165, 1.54) is 36.4 Å². The van der Waals surface area contributed by atoms with Crippen molar-refractivity contribution in [3.63, 3.8) is 0 Å². The van der Waals surface area contributed by atoms with Crippen LogP contribution in [0.2, 0.25) is 0 Å². The van der Waals surface area contributed by atoms with Crippen LogP contribution in [0.5, 0.6) is 23.0 Å². The minimum Gasteiger partial charge on any atom is -0.508 e. The zero-order valence-electron chi connectivity index (χ0n) is 22.1. The highest BCUT2D eigenvalue weighted by atomic mass is 32.3. The summed E-state index contributed by atoms with van der Waals surface area (Å²) in [7, 11) is -9.33. The molecule has 2 aromatic rings. The van der Waals surface area contributed by atoms with E-state index in [2.05, 4.69) is 10.6 Å². The van der Waals surface area contributed by atoms with Crippen molar-refractivity contribution in [3.8, 4) is 23.0 Å². The Balaban J connectivity index is 0. The van der Waals surface area contributed by atoms with E-state index in [9.17, 15) is 30.6 Å². The summed E-state index contributed by atoms with van der Waals surface area (Å²) in [5, 5.41) is 62.5. The summed E-state index contributed by atoms with van der Waals surface area (Å²) in [6, 6.07) is 8.77. The van der Waals surface area contributed by atoms with Crippen molar-refractivity contribution >= 4 is 20.8 Å². The number of phenolic OH excluding ortho intramolecular Hbond substituents is 4. The van der Waals surface area contributed by atoms with Crippen LogP contribution in [0.1, 0.15) is 51.0 Å². The number of nitrogens with one attached hydrogen (secondary N) is 2. The molecule has 40 heavy (non-hydrogen) atoms. The van der Waals surface area contributed by atoms with Crippen LogP contribution in [0.3, 0.4) is 0 Å². The van der Waals surface area contributed by atoms with Crippen LogP contribution in [-0.2, 0) is 20.8 Å². The van der Waals surface area contributed by atoms with Crippen LogP contribution in [0, 0.1) is 0 Å². The predicted molar refractivity (Wildman–Crippen MR) is 144 cm³/mol. The molecule has 0 spiro atoms. The number of hydrogen-bond acceptors (Lipinski definition) is 12. The van der Waals surface area contributed by atoms with Crippen LogP contribution >= 0.6 is 0 Å². The molecule has 0 bridgehead atoms. The summed E-state index contributed by atoms with van der Waals surface area (Å²) in [5.74, 6) is -0.190. The second-order valence-corrected chi connectivity index (χ2v) is 10.4. The minimum absolute atomic E-state index is 0.0476. The van der Waals surface area contributed by atoms with Gasteiger partial charge in [-0.3, -0.25) is 18.2 Å². The van der Waals surface area contributed by atoms with Crippen molar-refractivity contribution in [1.82, 2.24) is 10.6 Å². The fraction of sp³-hybridized carbons (Fsp3) is 0.455. The highest BCUT2D eigenvalue weighted by Gasteiger charge is 2.11. The molecule has 2 aromatic carbocycles. The van der Waals surface area contributed by atoms with Gasteiger partial charge in [-0.25, -0.2) is 0 Å². The van der Waals surface area contributed by atoms with Gasteiger partial charge in [0, 0.05) is 37.3 Å². The maximum absolute atomic E-state index is 9.73. The van der Waals surface area contributed by atoms with Gasteiger partial charge in [0.1, 0.15) is 23.0 Å². The first-order valence-corrected chi connectivity index (χ1v) is 14.1. The van der Waals surface area contributed by atoms with Gasteiger partial charge in [-0.1, -0.05) is 27.7 Å². The van der Waals surface area contributed by atoms with Gasteiger partial charge in [-0.15, -0.1) is 0 Å². The normalized spacial score (nSPS) is 12.7. The van der Waals surface area contributed by atoms with Crippen molar-refractivity contribution in [2.45, 2.75) is 52.0 Å². The predicted octanol–water partition coefficient (Wildman–Crippen LogP) is 0.953. The highest BCUT2D eigenvalue weighted by Crippen LogP contribution is 2.25. The lowest BCUT2D eigenvalue weighted by atomic mass is 10.1. The van der Waals surface area contributed by atoms with Crippen LogP contribution in [0.4, 0.5) is 0 Å². The third-order valence-electron chi connectivity index (χ3n) is 4.06. The molecule has 0 aliphatic carbocycles. The molecule has 0 aromatic heterocycles. The van der Waals surface area contributed by atoms with Gasteiger partial charge in [-0.05, 0) is 35.4 Å². The Bertz CT molecular complexity index is 1070. The van der Waals surface area contributed by atoms with Crippen molar-refractivity contribution < 1.29 is 65.7 Å². The van der Waals surface area contributed by atoms with Crippen molar-refractivity contribution in [1.29, 1.82) is 0 Å². The smallest absolute Gasteiger partial charge is 0.394 e. The van der Waals surface area contributed by atoms with E-state index in [1.807, 2.05) is 27.7 Å². The molecule has 0 amide bonds. The lowest BCUT2D eigenvalue weighted by Gasteiger charge is -2.14. The molecular weight excluding hydrogens is 580 g/mol. The maximum atomic E-state index is 9.73. The molecule has 2 unspecified atom stereocenters. The van der Waals surface area contributed by atoms with Crippen molar-refractivity contribution in [2.75, 3.05) is 13.1 Å². The molecule has 12 N–H and O–H groups in total. The van der Waals surface area contributed by atoms with E-state index < -0.39 is 33.0 Å². The quantitative estimate of drug-likeness (QED) is 0.183. The number of aromatic hydroxyl groups is 4. The standard InChI is InChI=1S/2C11H17NO3.2H2O4S/c2*1-7(2)12-6-11(15)8-3-9(13)5-10(14)4-8;2*1-5(2,3)4/h2*3-5,7,11-15H,6H2,1-2H3;2*(H2,1,2,3,4). The van der Waals surface area contributed by atoms with Crippen LogP contribution in [0.15, 0.2) is 36.4 Å². The lowest BCUT2D eigenvalue weighted by Crippen LogP contribution is -2.27. The largest absolute Gasteiger partial charge is 0.508 e. The molecule has 232 valence electrons. The third kappa shape index (κ3) is 26.8. The number of benzene rings is 2. The summed E-state index contributed by atoms with van der Waals surface area (Å²) in [5.41, 5.74) is 1.00. The Hall–Kier alpha value is -2.78. The van der Waals surface area contributed by atoms with Gasteiger partial charge in [0.2, 0.25) is 0 Å². The summed E-state index contributed by atoms with van der Waals surface area (Å²) >= 11 is 0. The molecule has 2 atom stereocenters. The summed E-state index contributed by atoms with van der Waals surface area (Å²) in [4.78, 5) is 0. The van der Waals surface area contributed by atoms with Gasteiger partial charge in [0.05, 0.1) is 12.2 Å². The molecule has 0 heterocycles. The molecule has 0 aliphatic heterocycles. The topological polar surface area (TPSA) is 295 Å². The van der Waals surface area contributed by atoms with Gasteiger partial charge >= 0.3 is 20.8 Å². The summed E-state index contributed by atoms with van der Waals surface area (Å²) in [6.07, 6.45) is -1.46. The molecular formula is C22H38N2O14S2. The third-order valence-corrected chi connectivity index (χ3v) is 4.06. The lowest BCUT2D eigenvalue weighted by molar-refractivity contribution is 0.170. The fourth-order valence-electron chi connectivity index (χ4n) is 2.55. The molecule has 0 saturated heterocycles. The van der Waals surface area contributed by atoms with Crippen LogP contribution in [0.25, 0.3) is 0 Å². The zero-order valence-corrected chi connectivity index (χ0v) is 23.7. The Kier molecular flexibility index (Phi) is 18.3. The number of hydrogen-bond donors (Lipinski definition) is 12. The molecule has 0 radical (unpaired) electrons. The average molecular weight is 619 g/mol. The minimum atomic E-state index is -4.67. The molecule has 0 saturated carbocycles. The van der Waals surface area contributed by atoms with E-state index in [0.717, 1.165) is 0 Å². The second kappa shape index (κ2) is 18.5. The van der Waals surface area contributed by atoms with Crippen molar-refractivity contribution in [2.24, 2.45) is 0 Å². The van der Waals surface area contributed by atoms with Gasteiger partial charge in [0.15, 0.2) is 0 Å². The Morgan fingerprint density at radius 3 is 0.925 bits per heavy atom. The van der Waals surface area contributed by atoms with Gasteiger partial charge < -0.3 is 41.3 Å². The van der Waals surface area contributed by atoms with E-state index >= 15 is 0 Å². The van der Waals surface area contributed by atoms with Crippen LogP contribution < -0.4 is 10.6 Å². The van der Waals surface area contributed by atoms with E-state index in [-0.39, 0.29) is 35.1 Å². The SMILES string of the molecule is CC(C)NCC(O)c1cc(O)cc(O)c1.CC(C)NCC(O)c1cc(O)cc(O)c1.O=S(=O)(O)O.O=S(=O)(O)O. The number of aliphatic hydroxyl groups is 2. The molecule has 0 fully saturated rings. The first-order valence-electron chi connectivity index (χ1n) is 11.3. The fourth-order valence-corrected chi connectivity index (χ4v) is 2.55. The van der Waals surface area contributed by atoms with Crippen LogP contribution in [-0.4, -0.2) is 90.9 Å². The molecule has 18 heteroatoms. The Morgan fingerprint density at radius 1 is 0.550 bits per heavy atom. The Morgan fingerprint density at radius 2 is 0.750 bits per heavy atom. The first-order chi connectivity index (χ1) is 18.0. The zero-order chi connectivity index (χ0) is 31.8. The first kappa shape index (κ1) is 39.4. The molecule has 16 nitrogen and oxygen atoms in total. The van der Waals surface area contributed by atoms with E-state index in [1.54, 1.807) is 0 Å². The maximum Gasteiger partial charge on any atom is 0.394 e. The highest BCUT2D eigenvalue weighted by molar-refractivity contribution is 7.80. The second-order valence-electron chi connectivity index (χ2n) is 8.62. The number of aliphatic hydroxyl groups excluding tert-OH is 2. The average Bonchev–Trinajstić information content (AvgIpc) is 2.72. The van der Waals surface area contributed by atoms with E-state index in [4.69, 9.17) is 35.0 Å². The summed E-state index contributed by atoms with van der Waals surface area (Å²) < 4.78 is 63.2. The van der Waals surface area contributed by atoms with E-state index in [0.29, 0.717) is 24.2 Å². The molecule has 2 rings (SSSR count).